The average molecular weight is 337 g/mol. The zero-order chi connectivity index (χ0) is 18.1. The molecule has 2 N–H and O–H groups in total. The number of methoxy groups -OCH3 is 1. The molecule has 0 aliphatic carbocycles. The van der Waals surface area contributed by atoms with Crippen molar-refractivity contribution in [3.63, 3.8) is 0 Å². The first-order valence-corrected chi connectivity index (χ1v) is 7.74. The molecule has 1 amide bonds. The number of hydrogen-bond acceptors (Lipinski definition) is 6. The Kier molecular flexibility index (Phi) is 7.74. The van der Waals surface area contributed by atoms with E-state index in [1.165, 1.54) is 19.4 Å². The summed E-state index contributed by atoms with van der Waals surface area (Å²) in [6.07, 6.45) is 5.50. The number of ether oxygens (including phenoxy) is 2. The Morgan fingerprint density at radius 1 is 1.50 bits per heavy atom. The zero-order valence-electron chi connectivity index (χ0n) is 14.1. The van der Waals surface area contributed by atoms with Crippen LogP contribution in [0.15, 0.2) is 35.4 Å². The molecule has 0 spiro atoms. The fourth-order valence-electron chi connectivity index (χ4n) is 2.13. The molecule has 1 aliphatic rings. The van der Waals surface area contributed by atoms with E-state index in [-0.39, 0.29) is 30.3 Å². The predicted octanol–water partition coefficient (Wildman–Crippen LogP) is 2.55. The van der Waals surface area contributed by atoms with Gasteiger partial charge in [-0.2, -0.15) is 0 Å². The van der Waals surface area contributed by atoms with Gasteiger partial charge >= 0.3 is 6.09 Å². The second-order valence-electron chi connectivity index (χ2n) is 5.31. The Bertz CT molecular complexity index is 578. The molecule has 0 bridgehead atoms. The number of rotatable bonds is 7. The normalized spacial score (nSPS) is 16.3. The van der Waals surface area contributed by atoms with Gasteiger partial charge in [-0.1, -0.05) is 19.9 Å². The van der Waals surface area contributed by atoms with Crippen LogP contribution in [0.4, 0.5) is 4.79 Å². The molecule has 1 heterocycles. The number of alkyl carbamates (subject to hydrolysis) is 1. The lowest BCUT2D eigenvalue weighted by molar-refractivity contribution is -0.123. The number of carbonyl (C=O) groups excluding carboxylic acids is 3. The van der Waals surface area contributed by atoms with Crippen molar-refractivity contribution in [2.45, 2.75) is 33.1 Å². The topological polar surface area (TPSA) is 102 Å². The van der Waals surface area contributed by atoms with Gasteiger partial charge in [-0.05, 0) is 12.8 Å². The average Bonchev–Trinajstić information content (AvgIpc) is 2.71. The summed E-state index contributed by atoms with van der Waals surface area (Å²) < 4.78 is 9.85. The molecular weight excluding hydrogens is 314 g/mol. The van der Waals surface area contributed by atoms with Crippen molar-refractivity contribution < 1.29 is 29.0 Å². The van der Waals surface area contributed by atoms with Crippen molar-refractivity contribution in [2.24, 2.45) is 5.92 Å². The molecule has 1 atom stereocenters. The van der Waals surface area contributed by atoms with Crippen molar-refractivity contribution in [3.05, 3.63) is 35.4 Å². The van der Waals surface area contributed by atoms with Crippen molar-refractivity contribution >= 4 is 17.7 Å². The molecule has 1 rings (SSSR count). The quantitative estimate of drug-likeness (QED) is 0.692. The lowest BCUT2D eigenvalue weighted by Crippen LogP contribution is -2.18. The third-order valence-corrected chi connectivity index (χ3v) is 3.54. The maximum absolute atomic E-state index is 11.9. The van der Waals surface area contributed by atoms with Gasteiger partial charge < -0.3 is 14.6 Å². The highest BCUT2D eigenvalue weighted by Gasteiger charge is 2.26. The number of Topliss-reactive ketones (excluding diaryl/α,β-unsaturated/α-hetero) is 2. The minimum atomic E-state index is -0.546. The van der Waals surface area contributed by atoms with Gasteiger partial charge in [0.05, 0.1) is 7.11 Å². The lowest BCUT2D eigenvalue weighted by atomic mass is 10.0. The number of carbonyl (C=O) groups is 3. The van der Waals surface area contributed by atoms with Crippen molar-refractivity contribution in [2.75, 3.05) is 13.7 Å². The molecule has 0 aromatic heterocycles. The van der Waals surface area contributed by atoms with Gasteiger partial charge in [-0.25, -0.2) is 4.79 Å². The monoisotopic (exact) mass is 337 g/mol. The molecule has 0 saturated carbocycles. The third-order valence-electron chi connectivity index (χ3n) is 3.54. The van der Waals surface area contributed by atoms with Crippen LogP contribution in [-0.4, -0.2) is 36.5 Å². The smallest absolute Gasteiger partial charge is 0.410 e. The number of allylic oxidation sites excluding steroid dienone is 3. The predicted molar refractivity (Wildman–Crippen MR) is 87.1 cm³/mol. The van der Waals surface area contributed by atoms with Gasteiger partial charge in [0, 0.05) is 24.6 Å². The van der Waals surface area contributed by atoms with E-state index in [1.54, 1.807) is 13.0 Å². The van der Waals surface area contributed by atoms with E-state index in [0.29, 0.717) is 18.6 Å². The molecule has 1 unspecified atom stereocenters. The summed E-state index contributed by atoms with van der Waals surface area (Å²) in [5.41, 5.74) is -0.193. The number of aliphatic hydroxyl groups excluding tert-OH is 1. The second kappa shape index (κ2) is 9.54. The molecule has 7 nitrogen and oxygen atoms in total. The fourth-order valence-corrected chi connectivity index (χ4v) is 2.13. The Morgan fingerprint density at radius 2 is 2.21 bits per heavy atom. The SMILES string of the molecule is CCC(=O)C1=C(O)C=C(C(C)CC/C=C/NC(=O)OC)OCC1=O. The van der Waals surface area contributed by atoms with Gasteiger partial charge in [0.15, 0.2) is 12.4 Å². The Morgan fingerprint density at radius 3 is 2.83 bits per heavy atom. The van der Waals surface area contributed by atoms with E-state index in [9.17, 15) is 19.5 Å². The molecule has 132 valence electrons. The molecule has 7 heteroatoms. The van der Waals surface area contributed by atoms with Crippen LogP contribution in [0.3, 0.4) is 0 Å². The van der Waals surface area contributed by atoms with E-state index in [0.717, 1.165) is 0 Å². The van der Waals surface area contributed by atoms with Crippen LogP contribution in [-0.2, 0) is 19.1 Å². The van der Waals surface area contributed by atoms with Gasteiger partial charge in [-0.3, -0.25) is 14.9 Å². The first-order valence-electron chi connectivity index (χ1n) is 7.74. The molecule has 0 aromatic carbocycles. The fraction of sp³-hybridized carbons (Fsp3) is 0.471. The highest BCUT2D eigenvalue weighted by molar-refractivity contribution is 6.21. The molecule has 24 heavy (non-hydrogen) atoms. The zero-order valence-corrected chi connectivity index (χ0v) is 14.1. The molecule has 0 fully saturated rings. The van der Waals surface area contributed by atoms with Gasteiger partial charge in [-0.15, -0.1) is 0 Å². The van der Waals surface area contributed by atoms with Crippen LogP contribution in [0.1, 0.15) is 33.1 Å². The standard InChI is InChI=1S/C17H23NO6/c1-4-12(19)16-13(20)9-15(24-10-14(16)21)11(2)7-5-6-8-18-17(22)23-3/h6,8-9,11,20H,4-5,7,10H2,1-3H3,(H,18,22)/b8-6+. The van der Waals surface area contributed by atoms with Crippen LogP contribution >= 0.6 is 0 Å². The summed E-state index contributed by atoms with van der Waals surface area (Å²) >= 11 is 0. The van der Waals surface area contributed by atoms with Crippen LogP contribution in [0.25, 0.3) is 0 Å². The summed E-state index contributed by atoms with van der Waals surface area (Å²) in [5.74, 6) is -0.870. The maximum Gasteiger partial charge on any atom is 0.410 e. The number of hydrogen-bond donors (Lipinski definition) is 2. The highest BCUT2D eigenvalue weighted by Crippen LogP contribution is 2.24. The van der Waals surface area contributed by atoms with Crippen LogP contribution in [0, 0.1) is 5.92 Å². The first-order chi connectivity index (χ1) is 11.4. The minimum absolute atomic E-state index is 0.0706. The van der Waals surface area contributed by atoms with Crippen molar-refractivity contribution in [1.82, 2.24) is 5.32 Å². The van der Waals surface area contributed by atoms with Crippen LogP contribution in [0.5, 0.6) is 0 Å². The van der Waals surface area contributed by atoms with Crippen molar-refractivity contribution in [1.29, 1.82) is 0 Å². The lowest BCUT2D eigenvalue weighted by Gasteiger charge is -2.14. The van der Waals surface area contributed by atoms with Crippen molar-refractivity contribution in [3.8, 4) is 0 Å². The number of amides is 1. The van der Waals surface area contributed by atoms with Crippen LogP contribution < -0.4 is 5.32 Å². The highest BCUT2D eigenvalue weighted by atomic mass is 16.5. The molecule has 0 saturated heterocycles. The molecule has 0 radical (unpaired) electrons. The van der Waals surface area contributed by atoms with Crippen LogP contribution in [0.2, 0.25) is 0 Å². The number of nitrogens with one attached hydrogen (secondary N) is 1. The van der Waals surface area contributed by atoms with E-state index >= 15 is 0 Å². The first kappa shape index (κ1) is 19.5. The Labute approximate surface area is 141 Å². The van der Waals surface area contributed by atoms with Gasteiger partial charge in [0.2, 0.25) is 5.78 Å². The molecule has 1 aliphatic heterocycles. The maximum atomic E-state index is 11.9. The Hall–Kier alpha value is -2.57. The minimum Gasteiger partial charge on any atom is -0.507 e. The van der Waals surface area contributed by atoms with E-state index < -0.39 is 17.7 Å². The second-order valence-corrected chi connectivity index (χ2v) is 5.31. The summed E-state index contributed by atoms with van der Waals surface area (Å²) in [6.45, 7) is 3.25. The summed E-state index contributed by atoms with van der Waals surface area (Å²) in [7, 11) is 1.28. The molecule has 0 aromatic rings. The van der Waals surface area contributed by atoms with Gasteiger partial charge in [0.1, 0.15) is 17.1 Å². The van der Waals surface area contributed by atoms with E-state index in [4.69, 9.17) is 4.74 Å². The summed E-state index contributed by atoms with van der Waals surface area (Å²) in [5, 5.41) is 12.5. The third kappa shape index (κ3) is 5.57. The molecular formula is C17H23NO6. The number of ketones is 2. The van der Waals surface area contributed by atoms with E-state index in [1.807, 2.05) is 6.92 Å². The summed E-state index contributed by atoms with van der Waals surface area (Å²) in [6, 6.07) is 0. The van der Waals surface area contributed by atoms with E-state index in [2.05, 4.69) is 10.1 Å². The largest absolute Gasteiger partial charge is 0.507 e. The summed E-state index contributed by atoms with van der Waals surface area (Å²) in [4.78, 5) is 34.6. The Balaban J connectivity index is 2.69. The van der Waals surface area contributed by atoms with Gasteiger partial charge in [0.25, 0.3) is 0 Å². The number of aliphatic hydroxyl groups is 1.